The number of nitrogens with one attached hydrogen (secondary N) is 1. The smallest absolute Gasteiger partial charge is 0.254 e. The maximum Gasteiger partial charge on any atom is 0.254 e. The van der Waals surface area contributed by atoms with Crippen LogP contribution in [-0.4, -0.2) is 51.5 Å². The molecule has 1 amide bonds. The summed E-state index contributed by atoms with van der Waals surface area (Å²) in [4.78, 5) is 12.0. The molecule has 24 heavy (non-hydrogen) atoms. The first kappa shape index (κ1) is 18.8. The number of carbonyl (C=O) groups is 1. The number of hydrogen-bond acceptors (Lipinski definition) is 4. The van der Waals surface area contributed by atoms with Crippen LogP contribution in [0.2, 0.25) is 0 Å². The number of rotatable bonds is 6. The summed E-state index contributed by atoms with van der Waals surface area (Å²) < 4.78 is 45.6. The normalized spacial score (nSPS) is 16.3. The van der Waals surface area contributed by atoms with E-state index in [0.717, 1.165) is 18.6 Å². The van der Waals surface area contributed by atoms with Gasteiger partial charge >= 0.3 is 0 Å². The maximum atomic E-state index is 13.9. The van der Waals surface area contributed by atoms with E-state index in [4.69, 9.17) is 4.74 Å². The summed E-state index contributed by atoms with van der Waals surface area (Å²) in [5.74, 6) is -0.937. The van der Waals surface area contributed by atoms with Crippen molar-refractivity contribution in [3.05, 3.63) is 29.6 Å². The summed E-state index contributed by atoms with van der Waals surface area (Å²) in [7, 11) is -3.76. The molecule has 1 N–H and O–H groups in total. The lowest BCUT2D eigenvalue weighted by atomic mass is 10.1. The topological polar surface area (TPSA) is 75.7 Å². The zero-order chi connectivity index (χ0) is 17.7. The van der Waals surface area contributed by atoms with Crippen molar-refractivity contribution in [1.29, 1.82) is 0 Å². The molecule has 1 heterocycles. The van der Waals surface area contributed by atoms with E-state index >= 15 is 0 Å². The summed E-state index contributed by atoms with van der Waals surface area (Å²) in [5.41, 5.74) is -0.256. The molecule has 0 aliphatic carbocycles. The number of sulfonamides is 1. The maximum absolute atomic E-state index is 13.9. The molecule has 1 aromatic rings. The third-order valence-electron chi connectivity index (χ3n) is 3.80. The van der Waals surface area contributed by atoms with Gasteiger partial charge in [0.25, 0.3) is 5.91 Å². The SMILES string of the molecule is CC(C)CCNC(=O)c1cc(S(=O)(=O)N2CCOCC2)ccc1F. The van der Waals surface area contributed by atoms with Crippen LogP contribution in [0.1, 0.15) is 30.6 Å². The summed E-state index contributed by atoms with van der Waals surface area (Å²) in [6.45, 7) is 5.58. The minimum Gasteiger partial charge on any atom is -0.379 e. The summed E-state index contributed by atoms with van der Waals surface area (Å²) in [5, 5.41) is 2.62. The average molecular weight is 358 g/mol. The van der Waals surface area contributed by atoms with Crippen LogP contribution < -0.4 is 5.32 Å². The van der Waals surface area contributed by atoms with Crippen molar-refractivity contribution in [2.45, 2.75) is 25.2 Å². The third kappa shape index (κ3) is 4.52. The molecule has 1 saturated heterocycles. The van der Waals surface area contributed by atoms with Gasteiger partial charge in [-0.15, -0.1) is 0 Å². The van der Waals surface area contributed by atoms with Gasteiger partial charge in [-0.3, -0.25) is 4.79 Å². The van der Waals surface area contributed by atoms with E-state index in [1.807, 2.05) is 13.8 Å². The molecule has 0 radical (unpaired) electrons. The molecule has 2 rings (SSSR count). The van der Waals surface area contributed by atoms with E-state index in [1.54, 1.807) is 0 Å². The van der Waals surface area contributed by atoms with Crippen LogP contribution in [0.5, 0.6) is 0 Å². The standard InChI is InChI=1S/C16H23FN2O4S/c1-12(2)5-6-18-16(20)14-11-13(3-4-15(14)17)24(21,22)19-7-9-23-10-8-19/h3-4,11-12H,5-10H2,1-2H3,(H,18,20). The van der Waals surface area contributed by atoms with E-state index in [9.17, 15) is 17.6 Å². The Balaban J connectivity index is 2.19. The van der Waals surface area contributed by atoms with Crippen LogP contribution in [0.25, 0.3) is 0 Å². The Bertz CT molecular complexity index is 685. The van der Waals surface area contributed by atoms with Crippen LogP contribution in [0.4, 0.5) is 4.39 Å². The number of hydrogen-bond donors (Lipinski definition) is 1. The fourth-order valence-electron chi connectivity index (χ4n) is 2.34. The molecular weight excluding hydrogens is 335 g/mol. The molecule has 0 aromatic heterocycles. The van der Waals surface area contributed by atoms with Gasteiger partial charge in [0.15, 0.2) is 0 Å². The fraction of sp³-hybridized carbons (Fsp3) is 0.562. The highest BCUT2D eigenvalue weighted by atomic mass is 32.2. The van der Waals surface area contributed by atoms with Crippen molar-refractivity contribution < 1.29 is 22.3 Å². The number of halogens is 1. The summed E-state index contributed by atoms with van der Waals surface area (Å²) in [6, 6.07) is 3.31. The van der Waals surface area contributed by atoms with Gasteiger partial charge < -0.3 is 10.1 Å². The van der Waals surface area contributed by atoms with Gasteiger partial charge in [0.05, 0.1) is 23.7 Å². The van der Waals surface area contributed by atoms with Crippen LogP contribution in [0.3, 0.4) is 0 Å². The Morgan fingerprint density at radius 3 is 2.62 bits per heavy atom. The van der Waals surface area contributed by atoms with Crippen molar-refractivity contribution in [2.24, 2.45) is 5.92 Å². The van der Waals surface area contributed by atoms with E-state index in [1.165, 1.54) is 10.4 Å². The lowest BCUT2D eigenvalue weighted by molar-refractivity contribution is 0.0730. The number of amides is 1. The van der Waals surface area contributed by atoms with E-state index in [0.29, 0.717) is 25.7 Å². The second-order valence-corrected chi connectivity index (χ2v) is 8.03. The van der Waals surface area contributed by atoms with Crippen LogP contribution in [-0.2, 0) is 14.8 Å². The van der Waals surface area contributed by atoms with Crippen molar-refractivity contribution in [2.75, 3.05) is 32.8 Å². The van der Waals surface area contributed by atoms with Crippen molar-refractivity contribution in [3.63, 3.8) is 0 Å². The number of benzene rings is 1. The second-order valence-electron chi connectivity index (χ2n) is 6.10. The van der Waals surface area contributed by atoms with Gasteiger partial charge in [0.1, 0.15) is 5.82 Å². The monoisotopic (exact) mass is 358 g/mol. The zero-order valence-electron chi connectivity index (χ0n) is 13.9. The third-order valence-corrected chi connectivity index (χ3v) is 5.69. The minimum absolute atomic E-state index is 0.0835. The number of ether oxygens (including phenoxy) is 1. The first-order valence-corrected chi connectivity index (χ1v) is 9.42. The van der Waals surface area contributed by atoms with Gasteiger partial charge in [-0.25, -0.2) is 12.8 Å². The summed E-state index contributed by atoms with van der Waals surface area (Å²) in [6.07, 6.45) is 0.763. The van der Waals surface area contributed by atoms with Gasteiger partial charge in [-0.1, -0.05) is 13.8 Å². The second kappa shape index (κ2) is 8.04. The zero-order valence-corrected chi connectivity index (χ0v) is 14.7. The van der Waals surface area contributed by atoms with Gasteiger partial charge in [0, 0.05) is 19.6 Å². The van der Waals surface area contributed by atoms with Crippen molar-refractivity contribution >= 4 is 15.9 Å². The molecule has 0 atom stereocenters. The molecule has 6 nitrogen and oxygen atoms in total. The van der Waals surface area contributed by atoms with Crippen LogP contribution >= 0.6 is 0 Å². The molecule has 8 heteroatoms. The predicted molar refractivity (Wildman–Crippen MR) is 87.8 cm³/mol. The van der Waals surface area contributed by atoms with Gasteiger partial charge in [0.2, 0.25) is 10.0 Å². The quantitative estimate of drug-likeness (QED) is 0.838. The highest BCUT2D eigenvalue weighted by molar-refractivity contribution is 7.89. The molecule has 0 unspecified atom stereocenters. The van der Waals surface area contributed by atoms with Gasteiger partial charge in [-0.2, -0.15) is 4.31 Å². The molecular formula is C16H23FN2O4S. The Kier molecular flexibility index (Phi) is 6.31. The van der Waals surface area contributed by atoms with E-state index in [-0.39, 0.29) is 23.5 Å². The molecule has 0 spiro atoms. The fourth-order valence-corrected chi connectivity index (χ4v) is 3.78. The van der Waals surface area contributed by atoms with Crippen LogP contribution in [0, 0.1) is 11.7 Å². The van der Waals surface area contributed by atoms with E-state index < -0.39 is 21.7 Å². The highest BCUT2D eigenvalue weighted by Gasteiger charge is 2.27. The molecule has 134 valence electrons. The van der Waals surface area contributed by atoms with Crippen molar-refractivity contribution in [1.82, 2.24) is 9.62 Å². The largest absolute Gasteiger partial charge is 0.379 e. The molecule has 0 saturated carbocycles. The predicted octanol–water partition coefficient (Wildman–Crippen LogP) is 1.62. The lowest BCUT2D eigenvalue weighted by Gasteiger charge is -2.26. The molecule has 1 fully saturated rings. The molecule has 1 aromatic carbocycles. The van der Waals surface area contributed by atoms with Gasteiger partial charge in [-0.05, 0) is 30.5 Å². The number of nitrogens with zero attached hydrogens (tertiary/aromatic N) is 1. The Morgan fingerprint density at radius 1 is 1.33 bits per heavy atom. The Labute approximate surface area is 142 Å². The average Bonchev–Trinajstić information content (AvgIpc) is 2.55. The minimum atomic E-state index is -3.76. The Hall–Kier alpha value is -1.51. The van der Waals surface area contributed by atoms with Crippen LogP contribution in [0.15, 0.2) is 23.1 Å². The molecule has 0 bridgehead atoms. The lowest BCUT2D eigenvalue weighted by Crippen LogP contribution is -2.40. The number of carbonyl (C=O) groups excluding carboxylic acids is 1. The Morgan fingerprint density at radius 2 is 2.00 bits per heavy atom. The first-order chi connectivity index (χ1) is 11.3. The molecule has 1 aliphatic heterocycles. The molecule has 1 aliphatic rings. The van der Waals surface area contributed by atoms with Crippen molar-refractivity contribution in [3.8, 4) is 0 Å². The number of morpholine rings is 1. The first-order valence-electron chi connectivity index (χ1n) is 7.98. The highest BCUT2D eigenvalue weighted by Crippen LogP contribution is 2.20. The van der Waals surface area contributed by atoms with E-state index in [2.05, 4.69) is 5.32 Å². The summed E-state index contributed by atoms with van der Waals surface area (Å²) >= 11 is 0.